The molecule has 3 aliphatic rings. The van der Waals surface area contributed by atoms with Crippen LogP contribution in [0.2, 0.25) is 0 Å². The van der Waals surface area contributed by atoms with E-state index < -0.39 is 11.0 Å². The molecule has 0 spiro atoms. The van der Waals surface area contributed by atoms with Crippen LogP contribution in [0.5, 0.6) is 0 Å². The summed E-state index contributed by atoms with van der Waals surface area (Å²) in [7, 11) is -1.49. The van der Waals surface area contributed by atoms with Gasteiger partial charge in [0.1, 0.15) is 0 Å². The monoisotopic (exact) mass is 320 g/mol. The van der Waals surface area contributed by atoms with Crippen molar-refractivity contribution >= 4 is 21.9 Å². The third-order valence-electron chi connectivity index (χ3n) is 4.81. The highest BCUT2D eigenvalue weighted by Crippen LogP contribution is 2.30. The molecular formula is C15H20N4O2S. The molecule has 0 saturated heterocycles. The van der Waals surface area contributed by atoms with Crippen molar-refractivity contribution in [3.05, 3.63) is 23.5 Å². The molecule has 1 aliphatic carbocycles. The van der Waals surface area contributed by atoms with Crippen molar-refractivity contribution < 1.29 is 9.00 Å². The first-order chi connectivity index (χ1) is 10.7. The van der Waals surface area contributed by atoms with Crippen molar-refractivity contribution in [3.8, 4) is 0 Å². The average Bonchev–Trinajstić information content (AvgIpc) is 3.14. The highest BCUT2D eigenvalue weighted by Gasteiger charge is 2.30. The van der Waals surface area contributed by atoms with Crippen molar-refractivity contribution in [2.75, 3.05) is 6.54 Å². The molecule has 2 aliphatic heterocycles. The molecule has 6 nitrogen and oxygen atoms in total. The molecule has 1 aromatic heterocycles. The van der Waals surface area contributed by atoms with Crippen LogP contribution in [0.1, 0.15) is 43.4 Å². The summed E-state index contributed by atoms with van der Waals surface area (Å²) >= 11 is 0. The number of rotatable bonds is 3. The molecular weight excluding hydrogens is 300 g/mol. The van der Waals surface area contributed by atoms with Gasteiger partial charge in [0, 0.05) is 31.3 Å². The quantitative estimate of drug-likeness (QED) is 0.913. The van der Waals surface area contributed by atoms with Crippen LogP contribution in [0.4, 0.5) is 0 Å². The molecule has 118 valence electrons. The van der Waals surface area contributed by atoms with Gasteiger partial charge in [-0.2, -0.15) is 5.10 Å². The number of fused-ring (bicyclic) bond motifs is 1. The lowest BCUT2D eigenvalue weighted by atomic mass is 9.89. The Morgan fingerprint density at radius 2 is 2.09 bits per heavy atom. The van der Waals surface area contributed by atoms with Crippen LogP contribution in [0.3, 0.4) is 0 Å². The third kappa shape index (κ3) is 2.52. The largest absolute Gasteiger partial charge is 0.293 e. The van der Waals surface area contributed by atoms with Crippen molar-refractivity contribution in [1.29, 1.82) is 0 Å². The van der Waals surface area contributed by atoms with Crippen LogP contribution < -0.4 is 4.72 Å². The molecule has 3 heterocycles. The molecule has 1 amide bonds. The Morgan fingerprint density at radius 1 is 1.27 bits per heavy atom. The van der Waals surface area contributed by atoms with Crippen molar-refractivity contribution in [2.24, 2.45) is 5.92 Å². The van der Waals surface area contributed by atoms with Gasteiger partial charge in [-0.05, 0) is 18.8 Å². The Morgan fingerprint density at radius 3 is 2.82 bits per heavy atom. The van der Waals surface area contributed by atoms with Gasteiger partial charge in [-0.3, -0.25) is 14.4 Å². The Labute approximate surface area is 132 Å². The number of carbonyl (C=O) groups excluding carboxylic acids is 1. The number of aromatic nitrogens is 2. The number of carbonyl (C=O) groups is 1. The van der Waals surface area contributed by atoms with Crippen molar-refractivity contribution in [1.82, 2.24) is 19.4 Å². The standard InChI is InChI=1S/C15H20N4O2S/c20-14-6-15(22(21)17-14)19-13-10-18(9-12(13)7-16-19)8-11-4-2-1-3-5-11/h6-7,11H,1-5,8-10H2,(H,17,20). The highest BCUT2D eigenvalue weighted by molar-refractivity contribution is 7.93. The van der Waals surface area contributed by atoms with E-state index in [9.17, 15) is 9.00 Å². The summed E-state index contributed by atoms with van der Waals surface area (Å²) in [6, 6.07) is 0. The van der Waals surface area contributed by atoms with Crippen LogP contribution in [-0.2, 0) is 28.9 Å². The van der Waals surface area contributed by atoms with Crippen molar-refractivity contribution in [3.63, 3.8) is 0 Å². The maximum Gasteiger partial charge on any atom is 0.258 e. The Kier molecular flexibility index (Phi) is 3.62. The average molecular weight is 320 g/mol. The first-order valence-electron chi connectivity index (χ1n) is 7.93. The van der Waals surface area contributed by atoms with Gasteiger partial charge in [0.05, 0.1) is 11.9 Å². The number of hydrogen-bond donors (Lipinski definition) is 1. The zero-order chi connectivity index (χ0) is 15.1. The van der Waals surface area contributed by atoms with Gasteiger partial charge in [-0.25, -0.2) is 8.89 Å². The molecule has 4 rings (SSSR count). The molecule has 1 fully saturated rings. The van der Waals surface area contributed by atoms with E-state index in [-0.39, 0.29) is 5.91 Å². The van der Waals surface area contributed by atoms with Gasteiger partial charge >= 0.3 is 0 Å². The molecule has 1 saturated carbocycles. The van der Waals surface area contributed by atoms with E-state index in [1.165, 1.54) is 43.7 Å². The van der Waals surface area contributed by atoms with Gasteiger partial charge in [0.2, 0.25) is 0 Å². The first kappa shape index (κ1) is 14.1. The second kappa shape index (κ2) is 5.62. The maximum atomic E-state index is 11.9. The van der Waals surface area contributed by atoms with E-state index in [0.29, 0.717) is 5.03 Å². The lowest BCUT2D eigenvalue weighted by Gasteiger charge is -2.26. The zero-order valence-corrected chi connectivity index (χ0v) is 13.3. The lowest BCUT2D eigenvalue weighted by molar-refractivity contribution is -0.114. The number of nitrogens with zero attached hydrogens (tertiary/aromatic N) is 3. The number of amides is 1. The molecule has 1 unspecified atom stereocenters. The second-order valence-corrected chi connectivity index (χ2v) is 7.58. The fourth-order valence-electron chi connectivity index (χ4n) is 3.75. The molecule has 0 radical (unpaired) electrons. The topological polar surface area (TPSA) is 67.2 Å². The minimum absolute atomic E-state index is 0.311. The van der Waals surface area contributed by atoms with E-state index in [1.54, 1.807) is 4.68 Å². The fourth-order valence-corrected chi connectivity index (χ4v) is 4.62. The van der Waals surface area contributed by atoms with Gasteiger partial charge in [-0.15, -0.1) is 0 Å². The van der Waals surface area contributed by atoms with E-state index in [2.05, 4.69) is 14.7 Å². The van der Waals surface area contributed by atoms with E-state index in [4.69, 9.17) is 0 Å². The third-order valence-corrected chi connectivity index (χ3v) is 5.87. The summed E-state index contributed by atoms with van der Waals surface area (Å²) in [6.45, 7) is 2.87. The first-order valence-corrected chi connectivity index (χ1v) is 9.08. The molecule has 1 N–H and O–H groups in total. The summed E-state index contributed by atoms with van der Waals surface area (Å²) in [5.74, 6) is 0.497. The number of nitrogens with one attached hydrogen (secondary N) is 1. The Bertz CT molecular complexity index is 660. The lowest BCUT2D eigenvalue weighted by Crippen LogP contribution is -2.26. The molecule has 0 bridgehead atoms. The number of hydrogen-bond acceptors (Lipinski definition) is 4. The van der Waals surface area contributed by atoms with Crippen molar-refractivity contribution in [2.45, 2.75) is 45.2 Å². The minimum Gasteiger partial charge on any atom is -0.293 e. The van der Waals surface area contributed by atoms with E-state index >= 15 is 0 Å². The van der Waals surface area contributed by atoms with Gasteiger partial charge in [-0.1, -0.05) is 19.3 Å². The van der Waals surface area contributed by atoms with Gasteiger partial charge in [0.25, 0.3) is 5.91 Å². The van der Waals surface area contributed by atoms with Crippen LogP contribution >= 0.6 is 0 Å². The summed E-state index contributed by atoms with van der Waals surface area (Å²) in [4.78, 5) is 13.8. The normalized spacial score (nSPS) is 26.1. The smallest absolute Gasteiger partial charge is 0.258 e. The SMILES string of the molecule is O=C1C=C(n2ncc3c2CN(CC2CCCCC2)C3)S(=O)N1. The molecule has 0 aromatic carbocycles. The van der Waals surface area contributed by atoms with E-state index in [1.807, 2.05) is 6.20 Å². The minimum atomic E-state index is -1.49. The molecule has 1 aromatic rings. The van der Waals surface area contributed by atoms with Gasteiger partial charge in [0.15, 0.2) is 16.0 Å². The molecule has 22 heavy (non-hydrogen) atoms. The summed E-state index contributed by atoms with van der Waals surface area (Å²) in [5.41, 5.74) is 2.26. The summed E-state index contributed by atoms with van der Waals surface area (Å²) < 4.78 is 16.0. The molecule has 7 heteroatoms. The van der Waals surface area contributed by atoms with Gasteiger partial charge < -0.3 is 0 Å². The maximum absolute atomic E-state index is 11.9. The van der Waals surface area contributed by atoms with Crippen LogP contribution in [0.15, 0.2) is 12.3 Å². The van der Waals surface area contributed by atoms with Crippen LogP contribution in [0, 0.1) is 5.92 Å². The molecule has 1 atom stereocenters. The highest BCUT2D eigenvalue weighted by atomic mass is 32.2. The Balaban J connectivity index is 1.49. The Hall–Kier alpha value is -1.47. The van der Waals surface area contributed by atoms with E-state index in [0.717, 1.165) is 31.2 Å². The predicted octanol–water partition coefficient (Wildman–Crippen LogP) is 1.37. The predicted molar refractivity (Wildman–Crippen MR) is 83.5 cm³/mol. The van der Waals surface area contributed by atoms with Crippen LogP contribution in [-0.4, -0.2) is 31.3 Å². The van der Waals surface area contributed by atoms with Crippen LogP contribution in [0.25, 0.3) is 5.03 Å². The second-order valence-electron chi connectivity index (χ2n) is 6.42. The summed E-state index contributed by atoms with van der Waals surface area (Å²) in [5, 5.41) is 4.77. The summed E-state index contributed by atoms with van der Waals surface area (Å²) in [6.07, 6.45) is 10.0. The zero-order valence-electron chi connectivity index (χ0n) is 12.5. The fraction of sp³-hybridized carbons (Fsp3) is 0.600.